The van der Waals surface area contributed by atoms with Crippen molar-refractivity contribution in [2.24, 2.45) is 0 Å². The molecule has 0 spiro atoms. The molecule has 44 heavy (non-hydrogen) atoms. The first-order chi connectivity index (χ1) is 21.2. The number of benzene rings is 4. The predicted octanol–water partition coefficient (Wildman–Crippen LogP) is 5.47. The number of urea groups is 1. The van der Waals surface area contributed by atoms with Gasteiger partial charge in [0.1, 0.15) is 17.8 Å². The van der Waals surface area contributed by atoms with Gasteiger partial charge in [0.15, 0.2) is 0 Å². The third-order valence-corrected chi connectivity index (χ3v) is 8.12. The zero-order chi connectivity index (χ0) is 31.2. The van der Waals surface area contributed by atoms with Crippen LogP contribution in [0, 0.1) is 10.1 Å². The molecule has 0 bridgehead atoms. The predicted molar refractivity (Wildman–Crippen MR) is 169 cm³/mol. The maximum absolute atomic E-state index is 14.0. The van der Waals surface area contributed by atoms with Crippen molar-refractivity contribution in [3.63, 3.8) is 0 Å². The summed E-state index contributed by atoms with van der Waals surface area (Å²) >= 11 is 0. The third-order valence-electron chi connectivity index (χ3n) is 8.12. The van der Waals surface area contributed by atoms with Crippen molar-refractivity contribution in [2.45, 2.75) is 37.9 Å². The molecule has 10 heteroatoms. The van der Waals surface area contributed by atoms with Gasteiger partial charge in [0.2, 0.25) is 11.8 Å². The molecule has 0 radical (unpaired) electrons. The van der Waals surface area contributed by atoms with Gasteiger partial charge in [-0.25, -0.2) is 4.79 Å². The van der Waals surface area contributed by atoms with Crippen molar-refractivity contribution in [1.29, 1.82) is 0 Å². The number of nitrogens with zero attached hydrogens (tertiary/aromatic N) is 4. The molecule has 0 unspecified atom stereocenters. The van der Waals surface area contributed by atoms with Gasteiger partial charge in [0, 0.05) is 39.7 Å². The average molecular weight is 594 g/mol. The van der Waals surface area contributed by atoms with E-state index >= 15 is 0 Å². The molecule has 4 amide bonds. The van der Waals surface area contributed by atoms with Crippen molar-refractivity contribution >= 4 is 40.0 Å². The summed E-state index contributed by atoms with van der Waals surface area (Å²) in [4.78, 5) is 56.7. The van der Waals surface area contributed by atoms with Crippen LogP contribution in [0.1, 0.15) is 24.0 Å². The van der Waals surface area contributed by atoms with Crippen molar-refractivity contribution in [2.75, 3.05) is 26.0 Å². The minimum Gasteiger partial charge on any atom is -0.340 e. The second kappa shape index (κ2) is 13.4. The summed E-state index contributed by atoms with van der Waals surface area (Å²) in [5.74, 6) is -0.570. The Morgan fingerprint density at radius 1 is 0.909 bits per heavy atom. The molecule has 0 aliphatic carbocycles. The fourth-order valence-corrected chi connectivity index (χ4v) is 5.75. The molecular weight excluding hydrogens is 558 g/mol. The number of hydrogen-bond acceptors (Lipinski definition) is 5. The number of nitro benzene ring substituents is 1. The molecular formula is C34H35N5O5. The minimum atomic E-state index is -0.821. The normalized spacial score (nSPS) is 15.0. The van der Waals surface area contributed by atoms with E-state index in [1.54, 1.807) is 25.1 Å². The van der Waals surface area contributed by atoms with Crippen LogP contribution < -0.4 is 5.32 Å². The van der Waals surface area contributed by atoms with Crippen molar-refractivity contribution in [1.82, 2.24) is 14.7 Å². The molecule has 1 fully saturated rings. The fraction of sp³-hybridized carbons (Fsp3) is 0.265. The highest BCUT2D eigenvalue weighted by molar-refractivity contribution is 5.97. The summed E-state index contributed by atoms with van der Waals surface area (Å²) in [6, 6.07) is 27.3. The van der Waals surface area contributed by atoms with Gasteiger partial charge in [0.25, 0.3) is 5.69 Å². The number of likely N-dealkylation sites (tertiary alicyclic amines) is 1. The topological polar surface area (TPSA) is 116 Å². The maximum atomic E-state index is 14.0. The molecule has 4 aromatic rings. The number of rotatable bonds is 9. The van der Waals surface area contributed by atoms with Gasteiger partial charge in [-0.1, -0.05) is 84.9 Å². The van der Waals surface area contributed by atoms with Crippen LogP contribution in [0.5, 0.6) is 0 Å². The van der Waals surface area contributed by atoms with Gasteiger partial charge in [-0.15, -0.1) is 0 Å². The summed E-state index contributed by atoms with van der Waals surface area (Å²) in [7, 11) is 3.34. The molecule has 2 atom stereocenters. The Kier molecular flexibility index (Phi) is 9.18. The standard InChI is InChI=1S/C34H35N5O5/c1-36(23-24-11-4-3-5-12-24)32(40)31(22-25-18-19-26-13-6-7-14-27(26)21-25)37(2)33(41)30-17-10-20-38(30)34(42)35-28-15-8-9-16-29(28)39(43)44/h3-9,11-16,18-19,21,30-31H,10,17,20,22-23H2,1-2H3,(H,35,42)/t30-,31-/m1/s1. The molecule has 0 saturated carbocycles. The van der Waals surface area contributed by atoms with E-state index in [4.69, 9.17) is 0 Å². The molecule has 0 aromatic heterocycles. The zero-order valence-electron chi connectivity index (χ0n) is 24.8. The van der Waals surface area contributed by atoms with E-state index in [9.17, 15) is 24.5 Å². The Bertz CT molecular complexity index is 1680. The van der Waals surface area contributed by atoms with E-state index in [-0.39, 0.29) is 23.2 Å². The monoisotopic (exact) mass is 593 g/mol. The Hall–Kier alpha value is -5.25. The van der Waals surface area contributed by atoms with Crippen LogP contribution >= 0.6 is 0 Å². The Morgan fingerprint density at radius 3 is 2.34 bits per heavy atom. The molecule has 1 N–H and O–H groups in total. The zero-order valence-corrected chi connectivity index (χ0v) is 24.8. The Labute approximate surface area is 256 Å². The smallest absolute Gasteiger partial charge is 0.322 e. The molecule has 4 aromatic carbocycles. The van der Waals surface area contributed by atoms with Crippen LogP contribution in [0.3, 0.4) is 0 Å². The van der Waals surface area contributed by atoms with Crippen LogP contribution in [0.15, 0.2) is 97.1 Å². The number of carbonyl (C=O) groups is 3. The summed E-state index contributed by atoms with van der Waals surface area (Å²) in [5, 5.41) is 16.2. The first kappa shape index (κ1) is 30.2. The van der Waals surface area contributed by atoms with E-state index in [2.05, 4.69) is 5.32 Å². The van der Waals surface area contributed by atoms with E-state index in [0.29, 0.717) is 32.4 Å². The largest absolute Gasteiger partial charge is 0.340 e. The van der Waals surface area contributed by atoms with E-state index in [0.717, 1.165) is 21.9 Å². The van der Waals surface area contributed by atoms with Crippen molar-refractivity contribution < 1.29 is 19.3 Å². The van der Waals surface area contributed by atoms with Gasteiger partial charge >= 0.3 is 6.03 Å². The van der Waals surface area contributed by atoms with Crippen LogP contribution in [-0.2, 0) is 22.6 Å². The molecule has 10 nitrogen and oxygen atoms in total. The SMILES string of the molecule is CN(Cc1ccccc1)C(=O)[C@@H](Cc1ccc2ccccc2c1)N(C)C(=O)[C@H]1CCCN1C(=O)Nc1ccccc1[N+](=O)[O-]. The summed E-state index contributed by atoms with van der Waals surface area (Å²) in [6.45, 7) is 0.692. The van der Waals surface area contributed by atoms with E-state index in [1.165, 1.54) is 28.0 Å². The number of nitro groups is 1. The maximum Gasteiger partial charge on any atom is 0.322 e. The first-order valence-electron chi connectivity index (χ1n) is 14.6. The summed E-state index contributed by atoms with van der Waals surface area (Å²) < 4.78 is 0. The number of nitrogens with one attached hydrogen (secondary N) is 1. The Morgan fingerprint density at radius 2 is 1.59 bits per heavy atom. The Balaban J connectivity index is 1.39. The van der Waals surface area contributed by atoms with Gasteiger partial charge in [0.05, 0.1) is 4.92 Å². The van der Waals surface area contributed by atoms with Gasteiger partial charge in [-0.2, -0.15) is 0 Å². The lowest BCUT2D eigenvalue weighted by Crippen LogP contribution is -2.55. The summed E-state index contributed by atoms with van der Waals surface area (Å²) in [6.07, 6.45) is 1.30. The lowest BCUT2D eigenvalue weighted by Gasteiger charge is -2.34. The number of hydrogen-bond donors (Lipinski definition) is 1. The lowest BCUT2D eigenvalue weighted by molar-refractivity contribution is -0.383. The molecule has 5 rings (SSSR count). The number of amides is 4. The molecule has 1 heterocycles. The second-order valence-electron chi connectivity index (χ2n) is 11.1. The fourth-order valence-electron chi connectivity index (χ4n) is 5.75. The quantitative estimate of drug-likeness (QED) is 0.204. The van der Waals surface area contributed by atoms with Crippen molar-refractivity contribution in [3.05, 3.63) is 118 Å². The highest BCUT2D eigenvalue weighted by Crippen LogP contribution is 2.27. The number of anilines is 1. The lowest BCUT2D eigenvalue weighted by atomic mass is 9.99. The van der Waals surface area contributed by atoms with Gasteiger partial charge in [-0.3, -0.25) is 19.7 Å². The van der Waals surface area contributed by atoms with Crippen molar-refractivity contribution in [3.8, 4) is 0 Å². The number of fused-ring (bicyclic) bond motifs is 1. The van der Waals surface area contributed by atoms with Crippen LogP contribution in [0.25, 0.3) is 10.8 Å². The highest BCUT2D eigenvalue weighted by atomic mass is 16.6. The first-order valence-corrected chi connectivity index (χ1v) is 14.6. The number of para-hydroxylation sites is 2. The number of carbonyl (C=O) groups excluding carboxylic acids is 3. The van der Waals surface area contributed by atoms with E-state index < -0.39 is 23.0 Å². The molecule has 1 aliphatic rings. The van der Waals surface area contributed by atoms with Crippen LogP contribution in [0.4, 0.5) is 16.2 Å². The summed E-state index contributed by atoms with van der Waals surface area (Å²) in [5.41, 5.74) is 1.70. The number of likely N-dealkylation sites (N-methyl/N-ethyl adjacent to an activating group) is 2. The third kappa shape index (κ3) is 6.70. The second-order valence-corrected chi connectivity index (χ2v) is 11.1. The van der Waals surface area contributed by atoms with Crippen LogP contribution in [-0.4, -0.2) is 70.2 Å². The van der Waals surface area contributed by atoms with Gasteiger partial charge < -0.3 is 20.0 Å². The van der Waals surface area contributed by atoms with Crippen LogP contribution in [0.2, 0.25) is 0 Å². The van der Waals surface area contributed by atoms with Gasteiger partial charge in [-0.05, 0) is 40.8 Å². The molecule has 226 valence electrons. The molecule has 1 saturated heterocycles. The van der Waals surface area contributed by atoms with E-state index in [1.807, 2.05) is 72.8 Å². The highest BCUT2D eigenvalue weighted by Gasteiger charge is 2.40. The average Bonchev–Trinajstić information content (AvgIpc) is 3.53. The molecule has 1 aliphatic heterocycles. The minimum absolute atomic E-state index is 0.0563.